The lowest BCUT2D eigenvalue weighted by atomic mass is 10.0. The maximum atomic E-state index is 11.0. The summed E-state index contributed by atoms with van der Waals surface area (Å²) in [5.74, 6) is -0.842. The molecule has 2 rings (SSSR count). The van der Waals surface area contributed by atoms with Gasteiger partial charge in [-0.25, -0.2) is 0 Å². The predicted molar refractivity (Wildman–Crippen MR) is 63.1 cm³/mol. The second kappa shape index (κ2) is 3.76. The molecule has 0 aliphatic heterocycles. The van der Waals surface area contributed by atoms with Crippen LogP contribution in [-0.2, 0) is 4.79 Å². The van der Waals surface area contributed by atoms with Gasteiger partial charge in [-0.05, 0) is 25.0 Å². The van der Waals surface area contributed by atoms with Crippen LogP contribution < -0.4 is 5.32 Å². The lowest BCUT2D eigenvalue weighted by molar-refractivity contribution is -0.143. The monoisotopic (exact) mass is 217 g/mol. The molecular weight excluding hydrogens is 202 g/mol. The number of hydrogen-bond acceptors (Lipinski definition) is 2. The molecule has 0 saturated heterocycles. The van der Waals surface area contributed by atoms with Crippen molar-refractivity contribution in [1.82, 2.24) is 5.32 Å². The second-order valence-electron chi connectivity index (χ2n) is 4.54. The van der Waals surface area contributed by atoms with Crippen LogP contribution in [0.5, 0.6) is 0 Å². The van der Waals surface area contributed by atoms with Gasteiger partial charge in [-0.2, -0.15) is 0 Å². The first-order valence-electron chi connectivity index (χ1n) is 5.29. The predicted octanol–water partition coefficient (Wildman–Crippen LogP) is 2.21. The molecule has 0 radical (unpaired) electrons. The Balaban J connectivity index is 2.21. The number of carbonyl (C=O) groups is 1. The first-order chi connectivity index (χ1) is 7.50. The van der Waals surface area contributed by atoms with E-state index < -0.39 is 11.5 Å². The minimum Gasteiger partial charge on any atom is -0.480 e. The number of rotatable bonds is 3. The van der Waals surface area contributed by atoms with Crippen molar-refractivity contribution in [1.29, 1.82) is 0 Å². The summed E-state index contributed by atoms with van der Waals surface area (Å²) in [6, 6.07) is 7.98. The first kappa shape index (κ1) is 10.9. The smallest absolute Gasteiger partial charge is 0.323 e. The summed E-state index contributed by atoms with van der Waals surface area (Å²) in [7, 11) is 0. The molecule has 0 heterocycles. The number of nitrogens with one attached hydrogen (secondary N) is 1. The van der Waals surface area contributed by atoms with Crippen molar-refractivity contribution < 1.29 is 9.90 Å². The molecule has 0 bridgehead atoms. The van der Waals surface area contributed by atoms with Crippen molar-refractivity contribution in [3.8, 4) is 0 Å². The van der Waals surface area contributed by atoms with Crippen LogP contribution in [0.1, 0.15) is 31.0 Å². The average molecular weight is 217 g/mol. The second-order valence-corrected chi connectivity index (χ2v) is 4.54. The fourth-order valence-corrected chi connectivity index (χ4v) is 1.83. The third-order valence-electron chi connectivity index (χ3n) is 2.85. The Bertz CT molecular complexity index is 449. The highest BCUT2D eigenvalue weighted by Crippen LogP contribution is 2.29. The molecular formula is C13H15NO2. The highest BCUT2D eigenvalue weighted by molar-refractivity contribution is 5.78. The summed E-state index contributed by atoms with van der Waals surface area (Å²) in [6.07, 6.45) is 4.01. The molecule has 1 aliphatic carbocycles. The molecule has 1 aromatic rings. The van der Waals surface area contributed by atoms with Crippen molar-refractivity contribution in [2.24, 2.45) is 0 Å². The lowest BCUT2D eigenvalue weighted by Crippen LogP contribution is -2.47. The number of carboxylic acids is 1. The van der Waals surface area contributed by atoms with Crippen LogP contribution in [0, 0.1) is 0 Å². The molecule has 0 fully saturated rings. The van der Waals surface area contributed by atoms with E-state index in [1.165, 1.54) is 0 Å². The molecule has 3 heteroatoms. The Hall–Kier alpha value is -1.61. The van der Waals surface area contributed by atoms with Crippen LogP contribution in [0.15, 0.2) is 30.3 Å². The van der Waals surface area contributed by atoms with Crippen LogP contribution in [0.3, 0.4) is 0 Å². The summed E-state index contributed by atoms with van der Waals surface area (Å²) in [5, 5.41) is 12.2. The Morgan fingerprint density at radius 1 is 1.38 bits per heavy atom. The van der Waals surface area contributed by atoms with Crippen LogP contribution in [0.2, 0.25) is 0 Å². The van der Waals surface area contributed by atoms with Gasteiger partial charge in [-0.3, -0.25) is 10.1 Å². The van der Waals surface area contributed by atoms with Gasteiger partial charge in [0.25, 0.3) is 0 Å². The van der Waals surface area contributed by atoms with E-state index in [4.69, 9.17) is 5.11 Å². The van der Waals surface area contributed by atoms with Crippen LogP contribution in [0.25, 0.3) is 6.08 Å². The first-order valence-corrected chi connectivity index (χ1v) is 5.29. The molecule has 0 amide bonds. The van der Waals surface area contributed by atoms with E-state index in [2.05, 4.69) is 5.32 Å². The van der Waals surface area contributed by atoms with E-state index in [-0.39, 0.29) is 6.04 Å². The van der Waals surface area contributed by atoms with Crippen molar-refractivity contribution in [2.75, 3.05) is 0 Å². The standard InChI is InChI=1S/C13H15NO2/c1-13(2,12(15)16)14-11-8-7-9-5-3-4-6-10(9)11/h3-8,11,14H,1-2H3,(H,15,16)/t11-/m1/s1. The quantitative estimate of drug-likeness (QED) is 0.816. The fraction of sp³-hybridized carbons (Fsp3) is 0.308. The Labute approximate surface area is 94.8 Å². The summed E-state index contributed by atoms with van der Waals surface area (Å²) < 4.78 is 0. The van der Waals surface area contributed by atoms with Gasteiger partial charge >= 0.3 is 5.97 Å². The zero-order valence-corrected chi connectivity index (χ0v) is 9.40. The van der Waals surface area contributed by atoms with E-state index in [1.54, 1.807) is 13.8 Å². The minimum absolute atomic E-state index is 0.0118. The number of benzene rings is 1. The maximum absolute atomic E-state index is 11.0. The van der Waals surface area contributed by atoms with Crippen molar-refractivity contribution >= 4 is 12.0 Å². The molecule has 1 atom stereocenters. The fourth-order valence-electron chi connectivity index (χ4n) is 1.83. The van der Waals surface area contributed by atoms with Gasteiger partial charge in [0, 0.05) is 0 Å². The van der Waals surface area contributed by atoms with Gasteiger partial charge in [-0.15, -0.1) is 0 Å². The van der Waals surface area contributed by atoms with Crippen LogP contribution >= 0.6 is 0 Å². The number of aliphatic carboxylic acids is 1. The van der Waals surface area contributed by atoms with Crippen LogP contribution in [0.4, 0.5) is 0 Å². The molecule has 84 valence electrons. The minimum atomic E-state index is -0.924. The third-order valence-corrected chi connectivity index (χ3v) is 2.85. The Morgan fingerprint density at radius 3 is 2.75 bits per heavy atom. The van der Waals surface area contributed by atoms with Gasteiger partial charge in [-0.1, -0.05) is 36.4 Å². The van der Waals surface area contributed by atoms with E-state index >= 15 is 0 Å². The van der Waals surface area contributed by atoms with E-state index in [1.807, 2.05) is 36.4 Å². The van der Waals surface area contributed by atoms with Gasteiger partial charge in [0.2, 0.25) is 0 Å². The van der Waals surface area contributed by atoms with Crippen molar-refractivity contribution in [3.05, 3.63) is 41.5 Å². The SMILES string of the molecule is CC(C)(N[C@@H]1C=Cc2ccccc21)C(=O)O. The molecule has 0 spiro atoms. The zero-order valence-electron chi connectivity index (χ0n) is 9.40. The lowest BCUT2D eigenvalue weighted by Gasteiger charge is -2.25. The summed E-state index contributed by atoms with van der Waals surface area (Å²) >= 11 is 0. The largest absolute Gasteiger partial charge is 0.480 e. The molecule has 2 N–H and O–H groups in total. The highest BCUT2D eigenvalue weighted by Gasteiger charge is 2.31. The van der Waals surface area contributed by atoms with Crippen molar-refractivity contribution in [2.45, 2.75) is 25.4 Å². The summed E-state index contributed by atoms with van der Waals surface area (Å²) in [5.41, 5.74) is 1.37. The number of fused-ring (bicyclic) bond motifs is 1. The topological polar surface area (TPSA) is 49.3 Å². The maximum Gasteiger partial charge on any atom is 0.323 e. The van der Waals surface area contributed by atoms with E-state index in [9.17, 15) is 4.79 Å². The van der Waals surface area contributed by atoms with Gasteiger partial charge < -0.3 is 5.11 Å². The molecule has 0 saturated carbocycles. The highest BCUT2D eigenvalue weighted by atomic mass is 16.4. The summed E-state index contributed by atoms with van der Waals surface area (Å²) in [6.45, 7) is 3.34. The molecule has 3 nitrogen and oxygen atoms in total. The number of carboxylic acid groups (broad SMARTS) is 1. The molecule has 0 aromatic heterocycles. The molecule has 16 heavy (non-hydrogen) atoms. The molecule has 1 aliphatic rings. The number of hydrogen-bond donors (Lipinski definition) is 2. The molecule has 0 unspecified atom stereocenters. The normalized spacial score (nSPS) is 18.5. The van der Waals surface area contributed by atoms with Gasteiger partial charge in [0.15, 0.2) is 0 Å². The Kier molecular flexibility index (Phi) is 2.56. The average Bonchev–Trinajstić information content (AvgIpc) is 2.61. The summed E-state index contributed by atoms with van der Waals surface area (Å²) in [4.78, 5) is 11.0. The van der Waals surface area contributed by atoms with Crippen molar-refractivity contribution in [3.63, 3.8) is 0 Å². The van der Waals surface area contributed by atoms with Gasteiger partial charge in [0.05, 0.1) is 6.04 Å². The molecule has 1 aromatic carbocycles. The zero-order chi connectivity index (χ0) is 11.8. The van der Waals surface area contributed by atoms with Gasteiger partial charge in [0.1, 0.15) is 5.54 Å². The van der Waals surface area contributed by atoms with E-state index in [0.717, 1.165) is 11.1 Å². The van der Waals surface area contributed by atoms with Crippen LogP contribution in [-0.4, -0.2) is 16.6 Å². The van der Waals surface area contributed by atoms with E-state index in [0.29, 0.717) is 0 Å². The Morgan fingerprint density at radius 2 is 2.06 bits per heavy atom. The third kappa shape index (κ3) is 1.86.